The van der Waals surface area contributed by atoms with Crippen LogP contribution < -0.4 is 5.56 Å². The van der Waals surface area contributed by atoms with Crippen molar-refractivity contribution in [2.24, 2.45) is 0 Å². The lowest BCUT2D eigenvalue weighted by Gasteiger charge is -2.11. The Morgan fingerprint density at radius 3 is 2.45 bits per heavy atom. The van der Waals surface area contributed by atoms with Crippen molar-refractivity contribution in [3.05, 3.63) is 67.6 Å². The van der Waals surface area contributed by atoms with Gasteiger partial charge in [-0.3, -0.25) is 9.59 Å². The van der Waals surface area contributed by atoms with E-state index in [9.17, 15) is 9.59 Å². The largest absolute Gasteiger partial charge is 0.308 e. The third-order valence-electron chi connectivity index (χ3n) is 3.10. The van der Waals surface area contributed by atoms with Gasteiger partial charge >= 0.3 is 0 Å². The standard InChI is InChI=1S/C15H13Cl2NO2/c1-9-3-5-12(10(2)19)15(20)18(9)8-11-4-6-13(16)14(17)7-11/h3-7H,8H2,1-2H3. The molecule has 0 spiro atoms. The molecule has 0 radical (unpaired) electrons. The molecule has 3 nitrogen and oxygen atoms in total. The lowest BCUT2D eigenvalue weighted by Crippen LogP contribution is -2.27. The summed E-state index contributed by atoms with van der Waals surface area (Å²) in [5.41, 5.74) is 1.54. The van der Waals surface area contributed by atoms with Crippen LogP contribution in [-0.4, -0.2) is 10.4 Å². The van der Waals surface area contributed by atoms with Crippen molar-refractivity contribution in [1.82, 2.24) is 4.57 Å². The third-order valence-corrected chi connectivity index (χ3v) is 3.84. The van der Waals surface area contributed by atoms with Gasteiger partial charge in [-0.1, -0.05) is 29.3 Å². The molecular weight excluding hydrogens is 297 g/mol. The Morgan fingerprint density at radius 1 is 1.15 bits per heavy atom. The Balaban J connectivity index is 2.48. The second kappa shape index (κ2) is 5.81. The number of carbonyl (C=O) groups excluding carboxylic acids is 1. The van der Waals surface area contributed by atoms with Gasteiger partial charge in [0, 0.05) is 5.69 Å². The molecule has 0 fully saturated rings. The minimum absolute atomic E-state index is 0.190. The molecule has 2 rings (SSSR count). The van der Waals surface area contributed by atoms with E-state index < -0.39 is 0 Å². The van der Waals surface area contributed by atoms with Gasteiger partial charge in [-0.05, 0) is 43.7 Å². The molecule has 5 heteroatoms. The zero-order valence-electron chi connectivity index (χ0n) is 11.1. The molecular formula is C15H13Cl2NO2. The van der Waals surface area contributed by atoms with Gasteiger partial charge in [-0.2, -0.15) is 0 Å². The Bertz CT molecular complexity index is 735. The van der Waals surface area contributed by atoms with E-state index >= 15 is 0 Å². The molecule has 0 atom stereocenters. The number of nitrogens with zero attached hydrogens (tertiary/aromatic N) is 1. The molecule has 20 heavy (non-hydrogen) atoms. The number of rotatable bonds is 3. The number of benzene rings is 1. The van der Waals surface area contributed by atoms with E-state index in [-0.39, 0.29) is 16.9 Å². The molecule has 0 unspecified atom stereocenters. The highest BCUT2D eigenvalue weighted by atomic mass is 35.5. The van der Waals surface area contributed by atoms with Crippen molar-refractivity contribution >= 4 is 29.0 Å². The zero-order chi connectivity index (χ0) is 14.9. The van der Waals surface area contributed by atoms with Crippen LogP contribution in [0, 0.1) is 6.92 Å². The topological polar surface area (TPSA) is 39.1 Å². The van der Waals surface area contributed by atoms with E-state index in [4.69, 9.17) is 23.2 Å². The van der Waals surface area contributed by atoms with Gasteiger partial charge in [0.1, 0.15) is 0 Å². The maximum atomic E-state index is 12.3. The van der Waals surface area contributed by atoms with Crippen molar-refractivity contribution in [2.45, 2.75) is 20.4 Å². The molecule has 0 aliphatic heterocycles. The van der Waals surface area contributed by atoms with Crippen molar-refractivity contribution in [3.63, 3.8) is 0 Å². The molecule has 0 aliphatic carbocycles. The Labute approximate surface area is 126 Å². The van der Waals surface area contributed by atoms with Crippen LogP contribution in [0.25, 0.3) is 0 Å². The summed E-state index contributed by atoms with van der Waals surface area (Å²) in [6, 6.07) is 8.53. The maximum absolute atomic E-state index is 12.3. The van der Waals surface area contributed by atoms with Gasteiger partial charge in [0.15, 0.2) is 5.78 Å². The minimum Gasteiger partial charge on any atom is -0.308 e. The summed E-state index contributed by atoms with van der Waals surface area (Å²) < 4.78 is 1.55. The quantitative estimate of drug-likeness (QED) is 0.811. The first-order valence-corrected chi connectivity index (χ1v) is 6.81. The Kier molecular flexibility index (Phi) is 4.31. The van der Waals surface area contributed by atoms with E-state index in [0.29, 0.717) is 16.6 Å². The van der Waals surface area contributed by atoms with Crippen LogP contribution in [0.15, 0.2) is 35.1 Å². The Hall–Kier alpha value is -1.58. The van der Waals surface area contributed by atoms with Crippen molar-refractivity contribution in [2.75, 3.05) is 0 Å². The van der Waals surface area contributed by atoms with Crippen LogP contribution in [0.3, 0.4) is 0 Å². The smallest absolute Gasteiger partial charge is 0.261 e. The number of hydrogen-bond donors (Lipinski definition) is 0. The van der Waals surface area contributed by atoms with E-state index in [1.165, 1.54) is 6.92 Å². The predicted octanol–water partition coefficient (Wildman–Crippen LogP) is 3.71. The molecule has 0 saturated carbocycles. The lowest BCUT2D eigenvalue weighted by molar-refractivity contribution is 0.101. The second-order valence-electron chi connectivity index (χ2n) is 4.58. The lowest BCUT2D eigenvalue weighted by atomic mass is 10.1. The molecule has 0 amide bonds. The monoisotopic (exact) mass is 309 g/mol. The van der Waals surface area contributed by atoms with Gasteiger partial charge in [0.25, 0.3) is 5.56 Å². The van der Waals surface area contributed by atoms with Crippen LogP contribution in [-0.2, 0) is 6.54 Å². The molecule has 0 aliphatic rings. The zero-order valence-corrected chi connectivity index (χ0v) is 12.6. The second-order valence-corrected chi connectivity index (χ2v) is 5.40. The normalized spacial score (nSPS) is 10.6. The van der Waals surface area contributed by atoms with Gasteiger partial charge in [-0.25, -0.2) is 0 Å². The average Bonchev–Trinajstić information content (AvgIpc) is 2.38. The number of carbonyl (C=O) groups is 1. The van der Waals surface area contributed by atoms with Crippen LogP contribution >= 0.6 is 23.2 Å². The number of pyridine rings is 1. The first-order valence-electron chi connectivity index (χ1n) is 6.05. The molecule has 2 aromatic rings. The SMILES string of the molecule is CC(=O)c1ccc(C)n(Cc2ccc(Cl)c(Cl)c2)c1=O. The number of aromatic nitrogens is 1. The molecule has 1 aromatic heterocycles. The van der Waals surface area contributed by atoms with Crippen molar-refractivity contribution < 1.29 is 4.79 Å². The fraction of sp³-hybridized carbons (Fsp3) is 0.200. The summed E-state index contributed by atoms with van der Waals surface area (Å²) in [7, 11) is 0. The van der Waals surface area contributed by atoms with Crippen molar-refractivity contribution in [3.8, 4) is 0 Å². The summed E-state index contributed by atoms with van der Waals surface area (Å²) in [5.74, 6) is -0.238. The first kappa shape index (κ1) is 14.8. The Morgan fingerprint density at radius 2 is 1.85 bits per heavy atom. The van der Waals surface area contributed by atoms with Gasteiger partial charge in [-0.15, -0.1) is 0 Å². The number of halogens is 2. The highest BCUT2D eigenvalue weighted by molar-refractivity contribution is 6.42. The van der Waals surface area contributed by atoms with Gasteiger partial charge in [0.05, 0.1) is 22.2 Å². The number of aryl methyl sites for hydroxylation is 1. The van der Waals surface area contributed by atoms with Gasteiger partial charge in [0.2, 0.25) is 0 Å². The highest BCUT2D eigenvalue weighted by Gasteiger charge is 2.10. The fourth-order valence-electron chi connectivity index (χ4n) is 1.96. The van der Waals surface area contributed by atoms with Gasteiger partial charge < -0.3 is 4.57 Å². The third kappa shape index (κ3) is 2.94. The maximum Gasteiger partial charge on any atom is 0.261 e. The first-order chi connectivity index (χ1) is 9.40. The number of hydrogen-bond acceptors (Lipinski definition) is 2. The highest BCUT2D eigenvalue weighted by Crippen LogP contribution is 2.23. The predicted molar refractivity (Wildman–Crippen MR) is 81.0 cm³/mol. The molecule has 0 bridgehead atoms. The summed E-state index contributed by atoms with van der Waals surface area (Å²) in [5, 5.41) is 0.912. The summed E-state index contributed by atoms with van der Waals surface area (Å²) >= 11 is 11.8. The van der Waals surface area contributed by atoms with Crippen LogP contribution in [0.4, 0.5) is 0 Å². The summed E-state index contributed by atoms with van der Waals surface area (Å²) in [6.07, 6.45) is 0. The molecule has 1 heterocycles. The van der Waals surface area contributed by atoms with E-state index in [1.54, 1.807) is 34.9 Å². The van der Waals surface area contributed by atoms with E-state index in [1.807, 2.05) is 6.92 Å². The molecule has 0 saturated heterocycles. The van der Waals surface area contributed by atoms with E-state index in [2.05, 4.69) is 0 Å². The van der Waals surface area contributed by atoms with E-state index in [0.717, 1.165) is 11.3 Å². The molecule has 1 aromatic carbocycles. The minimum atomic E-state index is -0.288. The van der Waals surface area contributed by atoms with Crippen molar-refractivity contribution in [1.29, 1.82) is 0 Å². The molecule has 104 valence electrons. The summed E-state index contributed by atoms with van der Waals surface area (Å²) in [6.45, 7) is 3.56. The fourth-order valence-corrected chi connectivity index (χ4v) is 2.28. The van der Waals surface area contributed by atoms with Crippen LogP contribution in [0.1, 0.15) is 28.5 Å². The van der Waals surface area contributed by atoms with Crippen LogP contribution in [0.5, 0.6) is 0 Å². The average molecular weight is 310 g/mol. The molecule has 0 N–H and O–H groups in total. The number of Topliss-reactive ketones (excluding diaryl/α,β-unsaturated/α-hetero) is 1. The van der Waals surface area contributed by atoms with Crippen LogP contribution in [0.2, 0.25) is 10.0 Å². The number of ketones is 1. The summed E-state index contributed by atoms with van der Waals surface area (Å²) in [4.78, 5) is 23.7.